The van der Waals surface area contributed by atoms with E-state index in [9.17, 15) is 27.6 Å². The van der Waals surface area contributed by atoms with Crippen molar-refractivity contribution in [3.8, 4) is 0 Å². The second kappa shape index (κ2) is 7.81. The van der Waals surface area contributed by atoms with Crippen LogP contribution in [0.1, 0.15) is 22.8 Å². The van der Waals surface area contributed by atoms with Crippen LogP contribution in [-0.4, -0.2) is 44.3 Å². The summed E-state index contributed by atoms with van der Waals surface area (Å²) in [7, 11) is 0. The zero-order valence-corrected chi connectivity index (χ0v) is 14.7. The summed E-state index contributed by atoms with van der Waals surface area (Å²) >= 11 is 0. The topological polar surface area (TPSA) is 111 Å². The van der Waals surface area contributed by atoms with Gasteiger partial charge in [-0.25, -0.2) is 19.4 Å². The maximum Gasteiger partial charge on any atom is 0.453 e. The van der Waals surface area contributed by atoms with E-state index in [-0.39, 0.29) is 35.7 Å². The van der Waals surface area contributed by atoms with Crippen molar-refractivity contribution >= 4 is 18.0 Å². The number of ether oxygens (including phenoxy) is 1. The molecule has 0 fully saturated rings. The molecule has 12 heteroatoms. The van der Waals surface area contributed by atoms with Crippen molar-refractivity contribution < 1.29 is 42.2 Å². The second-order valence-corrected chi connectivity index (χ2v) is 6.02. The van der Waals surface area contributed by atoms with E-state index in [0.717, 1.165) is 4.90 Å². The summed E-state index contributed by atoms with van der Waals surface area (Å²) in [5.74, 6) is -4.71. The van der Waals surface area contributed by atoms with E-state index >= 15 is 0 Å². The highest BCUT2D eigenvalue weighted by molar-refractivity contribution is 6.29. The van der Waals surface area contributed by atoms with E-state index in [0.29, 0.717) is 5.56 Å². The van der Waals surface area contributed by atoms with Crippen LogP contribution in [0, 0.1) is 0 Å². The van der Waals surface area contributed by atoms with Gasteiger partial charge in [0, 0.05) is 13.0 Å². The fourth-order valence-corrected chi connectivity index (χ4v) is 2.70. The summed E-state index contributed by atoms with van der Waals surface area (Å²) in [5.41, 5.74) is 0.217. The number of amides is 1. The average molecular weight is 413 g/mol. The Morgan fingerprint density at radius 2 is 1.83 bits per heavy atom. The number of carbonyl (C=O) groups excluding carboxylic acids is 2. The predicted octanol–water partition coefficient (Wildman–Crippen LogP) is 1.64. The molecular weight excluding hydrogens is 399 g/mol. The van der Waals surface area contributed by atoms with Gasteiger partial charge in [-0.2, -0.15) is 17.9 Å². The molecule has 0 bridgehead atoms. The van der Waals surface area contributed by atoms with E-state index in [1.807, 2.05) is 0 Å². The summed E-state index contributed by atoms with van der Waals surface area (Å²) in [6.45, 7) is -0.797. The Hall–Kier alpha value is -3.57. The largest absolute Gasteiger partial charge is 0.465 e. The minimum absolute atomic E-state index is 0.124. The molecule has 9 nitrogen and oxygen atoms in total. The summed E-state index contributed by atoms with van der Waals surface area (Å²) in [6.07, 6.45) is -6.50. The SMILES string of the molecule is O=C(OCc1ccccc1)C(=O)On1c(C(F)(F)F)nc2c1CCN(C(=O)O)C2. The number of alkyl halides is 3. The van der Waals surface area contributed by atoms with Crippen LogP contribution in [0.5, 0.6) is 0 Å². The van der Waals surface area contributed by atoms with Crippen LogP contribution in [0.25, 0.3) is 0 Å². The number of esters is 1. The lowest BCUT2D eigenvalue weighted by Crippen LogP contribution is -2.37. The predicted molar refractivity (Wildman–Crippen MR) is 87.2 cm³/mol. The number of carbonyl (C=O) groups is 3. The Kier molecular flexibility index (Phi) is 5.43. The molecule has 1 aliphatic heterocycles. The molecule has 1 aromatic carbocycles. The molecule has 0 unspecified atom stereocenters. The number of imidazole rings is 1. The molecule has 154 valence electrons. The highest BCUT2D eigenvalue weighted by Gasteiger charge is 2.42. The molecule has 0 aliphatic carbocycles. The first-order chi connectivity index (χ1) is 13.7. The third-order valence-corrected chi connectivity index (χ3v) is 4.05. The number of fused-ring (bicyclic) bond motifs is 1. The van der Waals surface area contributed by atoms with Gasteiger partial charge in [0.2, 0.25) is 0 Å². The van der Waals surface area contributed by atoms with Crippen LogP contribution in [-0.2, 0) is 40.1 Å². The summed E-state index contributed by atoms with van der Waals surface area (Å²) in [5, 5.41) is 8.99. The molecule has 0 radical (unpaired) electrons. The van der Waals surface area contributed by atoms with E-state index in [4.69, 9.17) is 9.84 Å². The molecule has 3 rings (SSSR count). The van der Waals surface area contributed by atoms with Crippen LogP contribution in [0.2, 0.25) is 0 Å². The van der Waals surface area contributed by atoms with Crippen molar-refractivity contribution in [2.24, 2.45) is 0 Å². The number of aromatic nitrogens is 2. The quantitative estimate of drug-likeness (QED) is 0.602. The Balaban J connectivity index is 1.78. The van der Waals surface area contributed by atoms with Crippen molar-refractivity contribution in [2.75, 3.05) is 6.54 Å². The summed E-state index contributed by atoms with van der Waals surface area (Å²) < 4.78 is 44.7. The number of hydrogen-bond acceptors (Lipinski definition) is 6. The van der Waals surface area contributed by atoms with Gasteiger partial charge in [0.15, 0.2) is 0 Å². The number of halogens is 3. The van der Waals surface area contributed by atoms with E-state index in [1.54, 1.807) is 30.3 Å². The number of hydrogen-bond donors (Lipinski definition) is 1. The molecule has 1 amide bonds. The average Bonchev–Trinajstić information content (AvgIpc) is 3.05. The zero-order chi connectivity index (χ0) is 21.2. The Labute approximate surface area is 161 Å². The van der Waals surface area contributed by atoms with Crippen LogP contribution in [0.3, 0.4) is 0 Å². The molecule has 1 aromatic heterocycles. The molecule has 1 aliphatic rings. The fraction of sp³-hybridized carbons (Fsp3) is 0.294. The lowest BCUT2D eigenvalue weighted by Gasteiger charge is -2.23. The lowest BCUT2D eigenvalue weighted by molar-refractivity contribution is -0.175. The molecule has 2 heterocycles. The number of benzene rings is 1. The molecular formula is C17H14F3N3O6. The van der Waals surface area contributed by atoms with Gasteiger partial charge in [-0.3, -0.25) is 0 Å². The minimum Gasteiger partial charge on any atom is -0.465 e. The van der Waals surface area contributed by atoms with Gasteiger partial charge in [0.1, 0.15) is 6.61 Å². The molecule has 29 heavy (non-hydrogen) atoms. The molecule has 1 N–H and O–H groups in total. The monoisotopic (exact) mass is 413 g/mol. The molecule has 0 spiro atoms. The number of carboxylic acid groups (broad SMARTS) is 1. The normalized spacial score (nSPS) is 13.6. The van der Waals surface area contributed by atoms with Crippen molar-refractivity contribution in [2.45, 2.75) is 25.7 Å². The highest BCUT2D eigenvalue weighted by Crippen LogP contribution is 2.31. The smallest absolute Gasteiger partial charge is 0.453 e. The van der Waals surface area contributed by atoms with Crippen molar-refractivity contribution in [1.29, 1.82) is 0 Å². The van der Waals surface area contributed by atoms with Gasteiger partial charge >= 0.3 is 24.2 Å². The van der Waals surface area contributed by atoms with Crippen LogP contribution < -0.4 is 4.84 Å². The first kappa shape index (κ1) is 20.2. The minimum atomic E-state index is -5.00. The highest BCUT2D eigenvalue weighted by atomic mass is 19.4. The van der Waals surface area contributed by atoms with Crippen LogP contribution >= 0.6 is 0 Å². The maximum absolute atomic E-state index is 13.3. The molecule has 2 aromatic rings. The van der Waals surface area contributed by atoms with Gasteiger partial charge in [-0.05, 0) is 5.56 Å². The third-order valence-electron chi connectivity index (χ3n) is 4.05. The fourth-order valence-electron chi connectivity index (χ4n) is 2.70. The van der Waals surface area contributed by atoms with Crippen LogP contribution in [0.4, 0.5) is 18.0 Å². The number of nitrogens with zero attached hydrogens (tertiary/aromatic N) is 3. The van der Waals surface area contributed by atoms with E-state index in [1.165, 1.54) is 0 Å². The van der Waals surface area contributed by atoms with Gasteiger partial charge in [-0.15, -0.1) is 0 Å². The van der Waals surface area contributed by atoms with Gasteiger partial charge < -0.3 is 19.6 Å². The first-order valence-corrected chi connectivity index (χ1v) is 8.25. The van der Waals surface area contributed by atoms with Gasteiger partial charge in [0.25, 0.3) is 5.82 Å². The van der Waals surface area contributed by atoms with Crippen molar-refractivity contribution in [3.05, 3.63) is 53.1 Å². The summed E-state index contributed by atoms with van der Waals surface area (Å²) in [4.78, 5) is 43.6. The van der Waals surface area contributed by atoms with Crippen molar-refractivity contribution in [1.82, 2.24) is 14.6 Å². The Morgan fingerprint density at radius 3 is 2.45 bits per heavy atom. The van der Waals surface area contributed by atoms with E-state index in [2.05, 4.69) is 9.82 Å². The standard InChI is InChI=1S/C17H14F3N3O6/c18-17(19,20)15-21-11-8-22(16(26)27)7-6-12(11)23(15)29-14(25)13(24)28-9-10-4-2-1-3-5-10/h1-5H,6-9H2,(H,26,27). The molecule has 0 atom stereocenters. The Bertz CT molecular complexity index is 942. The van der Waals surface area contributed by atoms with Crippen LogP contribution in [0.15, 0.2) is 30.3 Å². The number of rotatable bonds is 3. The van der Waals surface area contributed by atoms with Gasteiger partial charge in [-0.1, -0.05) is 30.3 Å². The molecule has 0 saturated carbocycles. The Morgan fingerprint density at radius 1 is 1.14 bits per heavy atom. The van der Waals surface area contributed by atoms with Crippen molar-refractivity contribution in [3.63, 3.8) is 0 Å². The first-order valence-electron chi connectivity index (χ1n) is 8.25. The second-order valence-electron chi connectivity index (χ2n) is 6.02. The zero-order valence-electron chi connectivity index (χ0n) is 14.7. The molecule has 0 saturated heterocycles. The lowest BCUT2D eigenvalue weighted by atomic mass is 10.1. The van der Waals surface area contributed by atoms with E-state index < -0.39 is 36.6 Å². The third kappa shape index (κ3) is 4.47. The summed E-state index contributed by atoms with van der Waals surface area (Å²) in [6, 6.07) is 8.33. The van der Waals surface area contributed by atoms with Gasteiger partial charge in [0.05, 0.1) is 17.9 Å². The maximum atomic E-state index is 13.3.